The van der Waals surface area contributed by atoms with Crippen LogP contribution in [0.15, 0.2) is 47.1 Å². The lowest BCUT2D eigenvalue weighted by atomic mass is 10.2. The maximum atomic E-state index is 11.8. The van der Waals surface area contributed by atoms with E-state index in [0.717, 1.165) is 16.0 Å². The molecule has 1 heterocycles. The van der Waals surface area contributed by atoms with Crippen molar-refractivity contribution in [3.63, 3.8) is 0 Å². The van der Waals surface area contributed by atoms with Crippen LogP contribution in [0.25, 0.3) is 0 Å². The predicted molar refractivity (Wildman–Crippen MR) is 83.7 cm³/mol. The zero-order chi connectivity index (χ0) is 14.5. The topological polar surface area (TPSA) is 45.2 Å². The molecule has 0 saturated carbocycles. The van der Waals surface area contributed by atoms with E-state index in [1.165, 1.54) is 0 Å². The lowest BCUT2D eigenvalue weighted by molar-refractivity contribution is 0.0827. The lowest BCUT2D eigenvalue weighted by Crippen LogP contribution is -2.21. The Labute approximate surface area is 127 Å². The lowest BCUT2D eigenvalue weighted by Gasteiger charge is -2.11. The predicted octanol–water partition coefficient (Wildman–Crippen LogP) is 3.16. The standard InChI is InChI=1S/C15H16BrN3O/c1-19(2)15(20)11-6-8-12(9-7-11)17-10-13-4-3-5-14(16)18-13/h3-9,17H,10H2,1-2H3. The zero-order valence-corrected chi connectivity index (χ0v) is 13.0. The number of carbonyl (C=O) groups excluding carboxylic acids is 1. The van der Waals surface area contributed by atoms with Gasteiger partial charge in [0.2, 0.25) is 0 Å². The minimum Gasteiger partial charge on any atom is -0.379 e. The third-order valence-electron chi connectivity index (χ3n) is 2.78. The van der Waals surface area contributed by atoms with E-state index >= 15 is 0 Å². The Morgan fingerprint density at radius 1 is 1.20 bits per heavy atom. The Morgan fingerprint density at radius 2 is 1.90 bits per heavy atom. The van der Waals surface area contributed by atoms with Crippen LogP contribution in [0.3, 0.4) is 0 Å². The molecule has 20 heavy (non-hydrogen) atoms. The smallest absolute Gasteiger partial charge is 0.253 e. The quantitative estimate of drug-likeness (QED) is 0.874. The first kappa shape index (κ1) is 14.5. The highest BCUT2D eigenvalue weighted by molar-refractivity contribution is 9.10. The molecule has 0 aliphatic heterocycles. The van der Waals surface area contributed by atoms with Crippen molar-refractivity contribution < 1.29 is 4.79 Å². The highest BCUT2D eigenvalue weighted by atomic mass is 79.9. The van der Waals surface area contributed by atoms with Crippen molar-refractivity contribution in [2.75, 3.05) is 19.4 Å². The number of benzene rings is 1. The van der Waals surface area contributed by atoms with Gasteiger partial charge in [0.15, 0.2) is 0 Å². The summed E-state index contributed by atoms with van der Waals surface area (Å²) in [4.78, 5) is 17.7. The van der Waals surface area contributed by atoms with Crippen LogP contribution in [0.1, 0.15) is 16.1 Å². The maximum absolute atomic E-state index is 11.8. The minimum absolute atomic E-state index is 0.00482. The summed E-state index contributed by atoms with van der Waals surface area (Å²) < 4.78 is 0.823. The molecule has 0 aliphatic carbocycles. The molecule has 5 heteroatoms. The van der Waals surface area contributed by atoms with Gasteiger partial charge >= 0.3 is 0 Å². The van der Waals surface area contributed by atoms with Crippen LogP contribution in [0.2, 0.25) is 0 Å². The highest BCUT2D eigenvalue weighted by Crippen LogP contribution is 2.13. The molecule has 0 fully saturated rings. The van der Waals surface area contributed by atoms with Crippen LogP contribution < -0.4 is 5.32 Å². The first-order valence-electron chi connectivity index (χ1n) is 6.23. The summed E-state index contributed by atoms with van der Waals surface area (Å²) in [5.41, 5.74) is 2.59. The average molecular weight is 334 g/mol. The third-order valence-corrected chi connectivity index (χ3v) is 3.23. The second-order valence-electron chi connectivity index (χ2n) is 4.58. The number of rotatable bonds is 4. The summed E-state index contributed by atoms with van der Waals surface area (Å²) in [5.74, 6) is 0.00482. The molecule has 1 aromatic carbocycles. The monoisotopic (exact) mass is 333 g/mol. The first-order valence-corrected chi connectivity index (χ1v) is 7.02. The third kappa shape index (κ3) is 3.81. The van der Waals surface area contributed by atoms with Gasteiger partial charge in [-0.25, -0.2) is 4.98 Å². The molecular weight excluding hydrogens is 318 g/mol. The number of nitrogens with zero attached hydrogens (tertiary/aromatic N) is 2. The van der Waals surface area contributed by atoms with Gasteiger partial charge in [0, 0.05) is 25.3 Å². The highest BCUT2D eigenvalue weighted by Gasteiger charge is 2.06. The van der Waals surface area contributed by atoms with Crippen molar-refractivity contribution in [2.45, 2.75) is 6.54 Å². The Morgan fingerprint density at radius 3 is 2.50 bits per heavy atom. The first-order chi connectivity index (χ1) is 9.56. The molecule has 1 N–H and O–H groups in total. The van der Waals surface area contributed by atoms with E-state index in [1.54, 1.807) is 19.0 Å². The summed E-state index contributed by atoms with van der Waals surface area (Å²) in [6, 6.07) is 13.2. The fourth-order valence-electron chi connectivity index (χ4n) is 1.73. The molecule has 0 aliphatic rings. The summed E-state index contributed by atoms with van der Waals surface area (Å²) >= 11 is 3.35. The molecule has 104 valence electrons. The number of amides is 1. The van der Waals surface area contributed by atoms with Crippen LogP contribution in [-0.2, 0) is 6.54 Å². The molecule has 0 unspecified atom stereocenters. The number of halogens is 1. The number of hydrogen-bond donors (Lipinski definition) is 1. The Kier molecular flexibility index (Phi) is 4.74. The second-order valence-corrected chi connectivity index (χ2v) is 5.39. The van der Waals surface area contributed by atoms with Gasteiger partial charge in [0.1, 0.15) is 4.60 Å². The van der Waals surface area contributed by atoms with Gasteiger partial charge in [-0.3, -0.25) is 4.79 Å². The summed E-state index contributed by atoms with van der Waals surface area (Å²) in [7, 11) is 3.49. The van der Waals surface area contributed by atoms with E-state index in [2.05, 4.69) is 26.2 Å². The van der Waals surface area contributed by atoms with Crippen molar-refractivity contribution in [2.24, 2.45) is 0 Å². The minimum atomic E-state index is 0.00482. The number of aromatic nitrogens is 1. The number of pyridine rings is 1. The molecule has 1 amide bonds. The van der Waals surface area contributed by atoms with Crippen molar-refractivity contribution in [1.29, 1.82) is 0 Å². The van der Waals surface area contributed by atoms with Gasteiger partial charge in [-0.1, -0.05) is 6.07 Å². The number of nitrogens with one attached hydrogen (secondary N) is 1. The molecule has 0 spiro atoms. The average Bonchev–Trinajstić information content (AvgIpc) is 2.45. The van der Waals surface area contributed by atoms with Gasteiger partial charge in [0.25, 0.3) is 5.91 Å². The van der Waals surface area contributed by atoms with Crippen molar-refractivity contribution >= 4 is 27.5 Å². The van der Waals surface area contributed by atoms with Crippen LogP contribution in [-0.4, -0.2) is 29.9 Å². The zero-order valence-electron chi connectivity index (χ0n) is 11.4. The molecule has 4 nitrogen and oxygen atoms in total. The summed E-state index contributed by atoms with van der Waals surface area (Å²) in [6.45, 7) is 0.639. The van der Waals surface area contributed by atoms with Crippen LogP contribution in [0.5, 0.6) is 0 Å². The molecule has 0 atom stereocenters. The van der Waals surface area contributed by atoms with E-state index in [-0.39, 0.29) is 5.91 Å². The maximum Gasteiger partial charge on any atom is 0.253 e. The number of anilines is 1. The van der Waals surface area contributed by atoms with E-state index in [9.17, 15) is 4.79 Å². The van der Waals surface area contributed by atoms with Gasteiger partial charge in [0.05, 0.1) is 12.2 Å². The molecule has 0 bridgehead atoms. The number of hydrogen-bond acceptors (Lipinski definition) is 3. The van der Waals surface area contributed by atoms with E-state index in [4.69, 9.17) is 0 Å². The molecular formula is C15H16BrN3O. The second kappa shape index (κ2) is 6.52. The number of carbonyl (C=O) groups is 1. The Bertz CT molecular complexity index is 596. The van der Waals surface area contributed by atoms with Crippen molar-refractivity contribution in [1.82, 2.24) is 9.88 Å². The summed E-state index contributed by atoms with van der Waals surface area (Å²) in [6.07, 6.45) is 0. The largest absolute Gasteiger partial charge is 0.379 e. The van der Waals surface area contributed by atoms with Gasteiger partial charge in [-0.05, 0) is 52.3 Å². The fourth-order valence-corrected chi connectivity index (χ4v) is 2.11. The fraction of sp³-hybridized carbons (Fsp3) is 0.200. The molecule has 0 radical (unpaired) electrons. The molecule has 2 rings (SSSR count). The van der Waals surface area contributed by atoms with E-state index in [1.807, 2.05) is 42.5 Å². The van der Waals surface area contributed by atoms with Crippen LogP contribution in [0, 0.1) is 0 Å². The summed E-state index contributed by atoms with van der Waals surface area (Å²) in [5, 5.41) is 3.28. The SMILES string of the molecule is CN(C)C(=O)c1ccc(NCc2cccc(Br)n2)cc1. The van der Waals surface area contributed by atoms with Gasteiger partial charge in [-0.15, -0.1) is 0 Å². The van der Waals surface area contributed by atoms with Crippen molar-refractivity contribution in [3.05, 3.63) is 58.3 Å². The van der Waals surface area contributed by atoms with Crippen LogP contribution >= 0.6 is 15.9 Å². The Hall–Kier alpha value is -1.88. The Balaban J connectivity index is 1.99. The van der Waals surface area contributed by atoms with E-state index in [0.29, 0.717) is 12.1 Å². The molecule has 1 aromatic heterocycles. The van der Waals surface area contributed by atoms with Gasteiger partial charge < -0.3 is 10.2 Å². The normalized spacial score (nSPS) is 10.2. The van der Waals surface area contributed by atoms with Crippen LogP contribution in [0.4, 0.5) is 5.69 Å². The van der Waals surface area contributed by atoms with Gasteiger partial charge in [-0.2, -0.15) is 0 Å². The molecule has 2 aromatic rings. The van der Waals surface area contributed by atoms with Crippen molar-refractivity contribution in [3.8, 4) is 0 Å². The van der Waals surface area contributed by atoms with E-state index < -0.39 is 0 Å². The molecule has 0 saturated heterocycles.